The maximum atomic E-state index is 14.0. The number of benzene rings is 2. The van der Waals surface area contributed by atoms with E-state index in [-0.39, 0.29) is 47.2 Å². The van der Waals surface area contributed by atoms with Crippen LogP contribution in [0.1, 0.15) is 45.9 Å². The summed E-state index contributed by atoms with van der Waals surface area (Å²) >= 11 is 1.17. The van der Waals surface area contributed by atoms with Gasteiger partial charge in [0.15, 0.2) is 14.8 Å². The predicted molar refractivity (Wildman–Crippen MR) is 140 cm³/mol. The first-order chi connectivity index (χ1) is 19.0. The van der Waals surface area contributed by atoms with Crippen molar-refractivity contribution in [3.05, 3.63) is 99.5 Å². The molecule has 2 heterocycles. The second kappa shape index (κ2) is 9.48. The third-order valence-electron chi connectivity index (χ3n) is 7.70. The SMILES string of the molecule is O=C(c1nccs1)[C@]12Cc3cnn(-c4ccc(F)cc4)c3C=C1CC[C@H](S(=O)(=O)c1ccc(C(F)(F)F)cc1)C2. The highest BCUT2D eigenvalue weighted by Crippen LogP contribution is 2.52. The Kier molecular flexibility index (Phi) is 6.30. The fourth-order valence-electron chi connectivity index (χ4n) is 5.68. The molecular weight excluding hydrogens is 566 g/mol. The number of carbonyl (C=O) groups is 1. The summed E-state index contributed by atoms with van der Waals surface area (Å²) in [5.74, 6) is -0.676. The summed E-state index contributed by atoms with van der Waals surface area (Å²) in [5.41, 5.74) is 0.705. The van der Waals surface area contributed by atoms with E-state index in [0.29, 0.717) is 5.69 Å². The minimum atomic E-state index is -4.59. The van der Waals surface area contributed by atoms with Crippen LogP contribution >= 0.6 is 11.3 Å². The number of nitrogens with zero attached hydrogens (tertiary/aromatic N) is 3. The van der Waals surface area contributed by atoms with Crippen molar-refractivity contribution in [3.63, 3.8) is 0 Å². The molecule has 2 aromatic heterocycles. The maximum Gasteiger partial charge on any atom is 0.416 e. The average molecular weight is 588 g/mol. The Labute approximate surface area is 230 Å². The van der Waals surface area contributed by atoms with Crippen molar-refractivity contribution in [1.82, 2.24) is 14.8 Å². The van der Waals surface area contributed by atoms with Crippen LogP contribution in [0.4, 0.5) is 17.6 Å². The zero-order valence-corrected chi connectivity index (χ0v) is 22.4. The van der Waals surface area contributed by atoms with Crippen LogP contribution in [0.5, 0.6) is 0 Å². The second-order valence-electron chi connectivity index (χ2n) is 9.97. The molecule has 1 fully saturated rings. The van der Waals surface area contributed by atoms with Crippen molar-refractivity contribution >= 4 is 33.0 Å². The Hall–Kier alpha value is -3.64. The summed E-state index contributed by atoms with van der Waals surface area (Å²) in [6, 6.07) is 9.31. The van der Waals surface area contributed by atoms with Gasteiger partial charge in [0.05, 0.1) is 38.7 Å². The summed E-state index contributed by atoms with van der Waals surface area (Å²) < 4.78 is 81.7. The first-order valence-corrected chi connectivity index (χ1v) is 14.8. The van der Waals surface area contributed by atoms with Crippen molar-refractivity contribution in [2.45, 2.75) is 42.0 Å². The van der Waals surface area contributed by atoms with E-state index in [0.717, 1.165) is 41.1 Å². The monoisotopic (exact) mass is 587 g/mol. The number of aromatic nitrogens is 3. The van der Waals surface area contributed by atoms with Crippen LogP contribution < -0.4 is 0 Å². The number of allylic oxidation sites excluding steroid dienone is 1. The van der Waals surface area contributed by atoms with Gasteiger partial charge in [-0.1, -0.05) is 5.57 Å². The van der Waals surface area contributed by atoms with E-state index in [9.17, 15) is 30.8 Å². The zero-order valence-electron chi connectivity index (χ0n) is 20.7. The second-order valence-corrected chi connectivity index (χ2v) is 13.1. The minimum absolute atomic E-state index is 0.0399. The zero-order chi connectivity index (χ0) is 28.3. The fourth-order valence-corrected chi connectivity index (χ4v) is 8.19. The third kappa shape index (κ3) is 4.39. The lowest BCUT2D eigenvalue weighted by atomic mass is 9.62. The summed E-state index contributed by atoms with van der Waals surface area (Å²) in [4.78, 5) is 18.0. The van der Waals surface area contributed by atoms with Crippen LogP contribution in [0, 0.1) is 11.2 Å². The fraction of sp³-hybridized carbons (Fsp3) is 0.250. The number of Topliss-reactive ketones (excluding diaryl/α,β-unsaturated/α-hetero) is 1. The normalized spacial score (nSPS) is 20.9. The summed E-state index contributed by atoms with van der Waals surface area (Å²) in [6.07, 6.45) is 1.04. The molecule has 0 amide bonds. The van der Waals surface area contributed by atoms with Crippen molar-refractivity contribution in [2.75, 3.05) is 0 Å². The molecule has 2 aromatic carbocycles. The summed E-state index contributed by atoms with van der Waals surface area (Å²) in [5, 5.41) is 5.41. The molecule has 0 spiro atoms. The molecule has 40 heavy (non-hydrogen) atoms. The van der Waals surface area contributed by atoms with Crippen molar-refractivity contribution < 1.29 is 30.8 Å². The van der Waals surface area contributed by atoms with Gasteiger partial charge in [-0.25, -0.2) is 22.5 Å². The molecular formula is C28H21F4N3O3S2. The first-order valence-electron chi connectivity index (χ1n) is 12.4. The van der Waals surface area contributed by atoms with Crippen molar-refractivity contribution in [3.8, 4) is 5.69 Å². The number of sulfone groups is 1. The number of rotatable bonds is 5. The number of fused-ring (bicyclic) bond motifs is 2. The number of halogens is 4. The highest BCUT2D eigenvalue weighted by Gasteiger charge is 2.52. The van der Waals surface area contributed by atoms with Crippen molar-refractivity contribution in [1.29, 1.82) is 0 Å². The Morgan fingerprint density at radius 3 is 2.45 bits per heavy atom. The Balaban J connectivity index is 1.40. The Morgan fingerprint density at radius 1 is 1.07 bits per heavy atom. The van der Waals surface area contributed by atoms with Crippen LogP contribution in [-0.4, -0.2) is 34.2 Å². The number of hydrogen-bond donors (Lipinski definition) is 0. The number of thiazole rings is 1. The lowest BCUT2D eigenvalue weighted by Gasteiger charge is -2.43. The van der Waals surface area contributed by atoms with Gasteiger partial charge >= 0.3 is 6.18 Å². The number of hydrogen-bond acceptors (Lipinski definition) is 6. The molecule has 0 radical (unpaired) electrons. The van der Waals surface area contributed by atoms with Gasteiger partial charge in [0.25, 0.3) is 0 Å². The topological polar surface area (TPSA) is 81.9 Å². The smallest absolute Gasteiger partial charge is 0.290 e. The third-order valence-corrected chi connectivity index (χ3v) is 10.7. The van der Waals surface area contributed by atoms with E-state index in [2.05, 4.69) is 10.1 Å². The van der Waals surface area contributed by atoms with Gasteiger partial charge in [0, 0.05) is 11.6 Å². The standard InChI is InChI=1S/C28H21F4N3O3S2/c29-20-4-6-21(7-5-20)35-24-13-19-3-10-23(40(37,38)22-8-1-18(2-9-22)28(30,31)32)15-27(19,14-17(24)16-34-35)25(36)26-33-11-12-39-26/h1-2,4-9,11-13,16,23H,3,10,14-15H2/t23-,27-/m0/s1. The lowest BCUT2D eigenvalue weighted by Crippen LogP contribution is -2.45. The van der Waals surface area contributed by atoms with Gasteiger partial charge in [-0.15, -0.1) is 11.3 Å². The van der Waals surface area contributed by atoms with Gasteiger partial charge in [-0.2, -0.15) is 18.3 Å². The largest absolute Gasteiger partial charge is 0.416 e. The van der Waals surface area contributed by atoms with Gasteiger partial charge in [-0.3, -0.25) is 4.79 Å². The van der Waals surface area contributed by atoms with Gasteiger partial charge in [0.2, 0.25) is 5.78 Å². The molecule has 0 N–H and O–H groups in total. The molecule has 6 nitrogen and oxygen atoms in total. The molecule has 2 aliphatic carbocycles. The highest BCUT2D eigenvalue weighted by molar-refractivity contribution is 7.92. The Bertz CT molecular complexity index is 1730. The molecule has 0 unspecified atom stereocenters. The lowest BCUT2D eigenvalue weighted by molar-refractivity contribution is -0.137. The number of ketones is 1. The molecule has 0 aliphatic heterocycles. The molecule has 206 valence electrons. The summed E-state index contributed by atoms with van der Waals surface area (Å²) in [7, 11) is -4.05. The molecule has 1 saturated carbocycles. The number of carbonyl (C=O) groups excluding carboxylic acids is 1. The molecule has 4 aromatic rings. The van der Waals surface area contributed by atoms with Crippen molar-refractivity contribution in [2.24, 2.45) is 5.41 Å². The summed E-state index contributed by atoms with van der Waals surface area (Å²) in [6.45, 7) is 0. The molecule has 0 bridgehead atoms. The van der Waals surface area contributed by atoms with Crippen LogP contribution in [0.3, 0.4) is 0 Å². The van der Waals surface area contributed by atoms with E-state index in [1.807, 2.05) is 6.08 Å². The molecule has 6 rings (SSSR count). The van der Waals surface area contributed by atoms with E-state index in [1.165, 1.54) is 29.7 Å². The molecule has 2 atom stereocenters. The van der Waals surface area contributed by atoms with E-state index < -0.39 is 32.2 Å². The quantitative estimate of drug-likeness (QED) is 0.202. The van der Waals surface area contributed by atoms with Crippen LogP contribution in [0.15, 0.2) is 76.8 Å². The molecule has 12 heteroatoms. The van der Waals surface area contributed by atoms with E-state index in [1.54, 1.807) is 28.4 Å². The molecule has 2 aliphatic rings. The minimum Gasteiger partial charge on any atom is -0.290 e. The van der Waals surface area contributed by atoms with Gasteiger partial charge in [-0.05, 0) is 85.9 Å². The van der Waals surface area contributed by atoms with E-state index in [4.69, 9.17) is 0 Å². The first kappa shape index (κ1) is 26.6. The van der Waals surface area contributed by atoms with Gasteiger partial charge < -0.3 is 0 Å². The highest BCUT2D eigenvalue weighted by atomic mass is 32.2. The van der Waals surface area contributed by atoms with Crippen LogP contribution in [0.2, 0.25) is 0 Å². The predicted octanol–water partition coefficient (Wildman–Crippen LogP) is 6.32. The van der Waals surface area contributed by atoms with Crippen LogP contribution in [-0.2, 0) is 22.4 Å². The Morgan fingerprint density at radius 2 is 1.80 bits per heavy atom. The average Bonchev–Trinajstić information content (AvgIpc) is 3.61. The number of alkyl halides is 3. The van der Waals surface area contributed by atoms with Crippen LogP contribution in [0.25, 0.3) is 11.8 Å². The maximum absolute atomic E-state index is 14.0. The van der Waals surface area contributed by atoms with E-state index >= 15 is 0 Å². The molecule has 0 saturated heterocycles. The van der Waals surface area contributed by atoms with Gasteiger partial charge in [0.1, 0.15) is 5.82 Å².